The van der Waals surface area contributed by atoms with Gasteiger partial charge >= 0.3 is 5.97 Å². The zero-order valence-electron chi connectivity index (χ0n) is 13.7. The number of aliphatic carboxylic acids is 1. The lowest BCUT2D eigenvalue weighted by Crippen LogP contribution is -2.00. The fourth-order valence-corrected chi connectivity index (χ4v) is 1.43. The molecule has 0 aromatic heterocycles. The molecule has 0 spiro atoms. The lowest BCUT2D eigenvalue weighted by molar-refractivity contribution is -0.136. The summed E-state index contributed by atoms with van der Waals surface area (Å²) in [4.78, 5) is 10.6. The molecule has 0 saturated heterocycles. The first-order valence-corrected chi connectivity index (χ1v) is 4.81. The average Bonchev–Trinajstić information content (AvgIpc) is 2.45. The van der Waals surface area contributed by atoms with Crippen molar-refractivity contribution in [1.82, 2.24) is 0 Å². The van der Waals surface area contributed by atoms with Gasteiger partial charge < -0.3 is 5.11 Å². The lowest BCUT2D eigenvalue weighted by atomic mass is 10.0. The standard InChI is InChI=1S/C14H11FO2/c15-13-8-10(9-14(16)17)6-7-12(13)11-4-2-1-3-5-11/h1-8H,9H2,(H,16,17)/i1D,2D,3D,4D,5D. The maximum Gasteiger partial charge on any atom is 0.307 e. The van der Waals surface area contributed by atoms with Gasteiger partial charge in [0.05, 0.1) is 13.3 Å². The molecule has 0 aliphatic heterocycles. The SMILES string of the molecule is [2H]c1c([2H])c([2H])c(-c2ccc(CC(=O)O)cc2F)c([2H])c1[2H]. The molecule has 86 valence electrons. The van der Waals surface area contributed by atoms with E-state index in [1.807, 2.05) is 0 Å². The minimum atomic E-state index is -1.12. The molecule has 0 saturated carbocycles. The summed E-state index contributed by atoms with van der Waals surface area (Å²) >= 11 is 0. The van der Waals surface area contributed by atoms with Crippen LogP contribution in [-0.4, -0.2) is 11.1 Å². The van der Waals surface area contributed by atoms with Crippen molar-refractivity contribution in [2.45, 2.75) is 6.42 Å². The molecule has 0 bridgehead atoms. The van der Waals surface area contributed by atoms with E-state index in [0.717, 1.165) is 6.07 Å². The van der Waals surface area contributed by atoms with Crippen LogP contribution in [0.25, 0.3) is 11.1 Å². The molecule has 2 rings (SSSR count). The summed E-state index contributed by atoms with van der Waals surface area (Å²) < 4.78 is 52.5. The van der Waals surface area contributed by atoms with Gasteiger partial charge in [-0.25, -0.2) is 4.39 Å². The fraction of sp³-hybridized carbons (Fsp3) is 0.0714. The second-order valence-corrected chi connectivity index (χ2v) is 3.38. The molecule has 0 heterocycles. The Morgan fingerprint density at radius 3 is 2.59 bits per heavy atom. The molecular formula is C14H11FO2. The van der Waals surface area contributed by atoms with Gasteiger partial charge in [-0.1, -0.05) is 42.3 Å². The summed E-state index contributed by atoms with van der Waals surface area (Å²) in [5, 5.41) is 8.68. The summed E-state index contributed by atoms with van der Waals surface area (Å²) in [5.41, 5.74) is -0.183. The minimum Gasteiger partial charge on any atom is -0.481 e. The van der Waals surface area contributed by atoms with Crippen LogP contribution in [0.15, 0.2) is 48.4 Å². The Morgan fingerprint density at radius 1 is 1.29 bits per heavy atom. The Kier molecular flexibility index (Phi) is 1.84. The Morgan fingerprint density at radius 2 is 2.00 bits per heavy atom. The molecule has 0 unspecified atom stereocenters. The number of rotatable bonds is 3. The highest BCUT2D eigenvalue weighted by molar-refractivity contribution is 5.71. The number of halogens is 1. The van der Waals surface area contributed by atoms with Crippen LogP contribution in [0.3, 0.4) is 0 Å². The van der Waals surface area contributed by atoms with E-state index in [0.29, 0.717) is 0 Å². The molecule has 2 aromatic carbocycles. The number of benzene rings is 2. The molecule has 0 fully saturated rings. The van der Waals surface area contributed by atoms with Crippen molar-refractivity contribution in [3.63, 3.8) is 0 Å². The fourth-order valence-electron chi connectivity index (χ4n) is 1.43. The van der Waals surface area contributed by atoms with Crippen molar-refractivity contribution in [2.75, 3.05) is 0 Å². The van der Waals surface area contributed by atoms with Crippen molar-refractivity contribution in [3.8, 4) is 11.1 Å². The predicted molar refractivity (Wildman–Crippen MR) is 63.2 cm³/mol. The highest BCUT2D eigenvalue weighted by Crippen LogP contribution is 2.23. The van der Waals surface area contributed by atoms with Crippen LogP contribution >= 0.6 is 0 Å². The topological polar surface area (TPSA) is 37.3 Å². The molecule has 0 amide bonds. The summed E-state index contributed by atoms with van der Waals surface area (Å²) in [6.45, 7) is 0. The van der Waals surface area contributed by atoms with E-state index in [9.17, 15) is 9.18 Å². The molecule has 17 heavy (non-hydrogen) atoms. The number of carbonyl (C=O) groups is 1. The zero-order chi connectivity index (χ0) is 16.6. The van der Waals surface area contributed by atoms with Crippen LogP contribution in [0, 0.1) is 5.82 Å². The van der Waals surface area contributed by atoms with Crippen molar-refractivity contribution in [2.24, 2.45) is 0 Å². The van der Waals surface area contributed by atoms with Crippen molar-refractivity contribution in [3.05, 3.63) is 59.8 Å². The van der Waals surface area contributed by atoms with Crippen molar-refractivity contribution < 1.29 is 21.1 Å². The van der Waals surface area contributed by atoms with E-state index in [1.165, 1.54) is 12.1 Å². The third-order valence-electron chi connectivity index (χ3n) is 2.16. The molecule has 1 N–H and O–H groups in total. The third kappa shape index (κ3) is 2.69. The van der Waals surface area contributed by atoms with Crippen LogP contribution < -0.4 is 0 Å². The van der Waals surface area contributed by atoms with Gasteiger partial charge in [-0.05, 0) is 17.2 Å². The van der Waals surface area contributed by atoms with Gasteiger partial charge in [-0.2, -0.15) is 0 Å². The Bertz CT molecular complexity index is 747. The van der Waals surface area contributed by atoms with E-state index in [2.05, 4.69) is 0 Å². The number of carboxylic acids is 1. The first-order chi connectivity index (χ1) is 10.2. The van der Waals surface area contributed by atoms with Crippen molar-refractivity contribution >= 4 is 5.97 Å². The van der Waals surface area contributed by atoms with Gasteiger partial charge in [0.15, 0.2) is 0 Å². The molecular weight excluding hydrogens is 219 g/mol. The molecule has 2 aromatic rings. The summed E-state index contributed by atoms with van der Waals surface area (Å²) in [7, 11) is 0. The smallest absolute Gasteiger partial charge is 0.307 e. The van der Waals surface area contributed by atoms with E-state index < -0.39 is 42.0 Å². The van der Waals surface area contributed by atoms with E-state index >= 15 is 0 Å². The Balaban J connectivity index is 2.65. The molecule has 0 aliphatic carbocycles. The lowest BCUT2D eigenvalue weighted by Gasteiger charge is -2.05. The van der Waals surface area contributed by atoms with Gasteiger partial charge in [-0.3, -0.25) is 4.79 Å². The van der Waals surface area contributed by atoms with Crippen LogP contribution in [0.4, 0.5) is 4.39 Å². The van der Waals surface area contributed by atoms with Gasteiger partial charge in [0, 0.05) is 5.56 Å². The van der Waals surface area contributed by atoms with Crippen LogP contribution in [0.1, 0.15) is 12.4 Å². The molecule has 0 atom stereocenters. The number of carboxylic acid groups (broad SMARTS) is 1. The quantitative estimate of drug-likeness (QED) is 0.887. The van der Waals surface area contributed by atoms with Gasteiger partial charge in [0.1, 0.15) is 5.82 Å². The maximum atomic E-state index is 14.2. The van der Waals surface area contributed by atoms with E-state index in [1.54, 1.807) is 0 Å². The normalized spacial score (nSPS) is 14.3. The number of hydrogen-bond donors (Lipinski definition) is 1. The highest BCUT2D eigenvalue weighted by Gasteiger charge is 2.07. The molecule has 0 aliphatic rings. The van der Waals surface area contributed by atoms with Gasteiger partial charge in [0.25, 0.3) is 0 Å². The first-order valence-electron chi connectivity index (χ1n) is 7.31. The highest BCUT2D eigenvalue weighted by atomic mass is 19.1. The summed E-state index contributed by atoms with van der Waals surface area (Å²) in [5.74, 6) is -1.95. The predicted octanol–water partition coefficient (Wildman–Crippen LogP) is 3.12. The zero-order valence-corrected chi connectivity index (χ0v) is 8.67. The molecule has 2 nitrogen and oxygen atoms in total. The van der Waals surface area contributed by atoms with E-state index in [4.69, 9.17) is 12.0 Å². The van der Waals surface area contributed by atoms with Crippen molar-refractivity contribution in [1.29, 1.82) is 0 Å². The summed E-state index contributed by atoms with van der Waals surface area (Å²) in [6.07, 6.45) is -0.363. The second kappa shape index (κ2) is 4.78. The van der Waals surface area contributed by atoms with Crippen LogP contribution in [-0.2, 0) is 11.2 Å². The second-order valence-electron chi connectivity index (χ2n) is 3.38. The summed E-state index contributed by atoms with van der Waals surface area (Å²) in [6, 6.07) is 0.905. The monoisotopic (exact) mass is 235 g/mol. The van der Waals surface area contributed by atoms with Crippen LogP contribution in [0.5, 0.6) is 0 Å². The average molecular weight is 235 g/mol. The molecule has 3 heteroatoms. The maximum absolute atomic E-state index is 14.2. The third-order valence-corrected chi connectivity index (χ3v) is 2.16. The van der Waals surface area contributed by atoms with Gasteiger partial charge in [0.2, 0.25) is 0 Å². The largest absolute Gasteiger partial charge is 0.481 e. The Labute approximate surface area is 105 Å². The van der Waals surface area contributed by atoms with E-state index in [-0.39, 0.29) is 23.1 Å². The Hall–Kier alpha value is -2.16. The first kappa shape index (κ1) is 6.55. The van der Waals surface area contributed by atoms with Crippen LogP contribution in [0.2, 0.25) is 0 Å². The minimum absolute atomic E-state index is 0.161. The number of hydrogen-bond acceptors (Lipinski definition) is 1. The molecule has 0 radical (unpaired) electrons. The van der Waals surface area contributed by atoms with Gasteiger partial charge in [-0.15, -0.1) is 0 Å².